The number of hydrogen-bond acceptors (Lipinski definition) is 12. The van der Waals surface area contributed by atoms with Crippen LogP contribution < -0.4 is 14.4 Å². The van der Waals surface area contributed by atoms with Crippen molar-refractivity contribution in [3.63, 3.8) is 0 Å². The first-order valence-corrected chi connectivity index (χ1v) is 18.7. The highest BCUT2D eigenvalue weighted by Gasteiger charge is 2.54. The normalized spacial score (nSPS) is 21.0. The van der Waals surface area contributed by atoms with E-state index in [2.05, 4.69) is 29.9 Å². The number of ether oxygens (including phenoxy) is 4. The lowest BCUT2D eigenvalue weighted by molar-refractivity contribution is -0.216. The minimum Gasteiger partial charge on any atom is -0.490 e. The molecule has 4 aliphatic heterocycles. The van der Waals surface area contributed by atoms with Gasteiger partial charge in [0, 0.05) is 81.1 Å². The Morgan fingerprint density at radius 3 is 2.67 bits per heavy atom. The zero-order chi connectivity index (χ0) is 35.9. The van der Waals surface area contributed by atoms with E-state index in [0.717, 1.165) is 96.1 Å². The summed E-state index contributed by atoms with van der Waals surface area (Å²) in [4.78, 5) is 31.4. The van der Waals surface area contributed by atoms with Gasteiger partial charge in [-0.25, -0.2) is 9.37 Å². The third-order valence-electron chi connectivity index (χ3n) is 11.3. The van der Waals surface area contributed by atoms with E-state index in [1.807, 2.05) is 33.0 Å². The van der Waals surface area contributed by atoms with Gasteiger partial charge in [0.25, 0.3) is 11.8 Å². The summed E-state index contributed by atoms with van der Waals surface area (Å²) >= 11 is 0. The minimum absolute atomic E-state index is 0.0548. The van der Waals surface area contributed by atoms with Gasteiger partial charge in [-0.2, -0.15) is 0 Å². The van der Waals surface area contributed by atoms with E-state index in [0.29, 0.717) is 25.6 Å². The zero-order valence-corrected chi connectivity index (χ0v) is 30.4. The second kappa shape index (κ2) is 14.4. The van der Waals surface area contributed by atoms with Crippen molar-refractivity contribution in [3.8, 4) is 17.4 Å². The van der Waals surface area contributed by atoms with Crippen LogP contribution in [0.15, 0.2) is 36.8 Å². The molecule has 2 spiro atoms. The predicted octanol–water partition coefficient (Wildman–Crippen LogP) is 3.97. The molecule has 1 amide bonds. The van der Waals surface area contributed by atoms with Crippen molar-refractivity contribution in [2.24, 2.45) is 5.41 Å². The summed E-state index contributed by atoms with van der Waals surface area (Å²) in [5, 5.41) is 8.17. The number of pyridine rings is 1. The van der Waals surface area contributed by atoms with Gasteiger partial charge in [0.15, 0.2) is 5.82 Å². The molecule has 6 heterocycles. The fourth-order valence-corrected chi connectivity index (χ4v) is 8.66. The number of aromatic nitrogens is 4. The molecular weight excluding hydrogens is 667 g/mol. The van der Waals surface area contributed by atoms with Crippen molar-refractivity contribution in [1.82, 2.24) is 34.9 Å². The van der Waals surface area contributed by atoms with E-state index >= 15 is 0 Å². The quantitative estimate of drug-likeness (QED) is 0.270. The van der Waals surface area contributed by atoms with Gasteiger partial charge in [0.2, 0.25) is 0 Å². The lowest BCUT2D eigenvalue weighted by Crippen LogP contribution is -2.67. The summed E-state index contributed by atoms with van der Waals surface area (Å²) < 4.78 is 38.8. The Labute approximate surface area is 304 Å². The Balaban J connectivity index is 0.842. The molecule has 14 heteroatoms. The molecule has 4 fully saturated rings. The second-order valence-electron chi connectivity index (χ2n) is 15.4. The van der Waals surface area contributed by atoms with Crippen LogP contribution in [0.1, 0.15) is 61.6 Å². The summed E-state index contributed by atoms with van der Waals surface area (Å²) in [7, 11) is 0. The molecular formula is C38H49FN8O5. The molecule has 0 unspecified atom stereocenters. The molecule has 3 aromatic rings. The number of carbonyl (C=O) groups is 1. The van der Waals surface area contributed by atoms with Crippen LogP contribution in [-0.4, -0.2) is 131 Å². The Morgan fingerprint density at radius 2 is 1.90 bits per heavy atom. The maximum absolute atomic E-state index is 14.3. The predicted molar refractivity (Wildman–Crippen MR) is 190 cm³/mol. The van der Waals surface area contributed by atoms with Crippen LogP contribution in [0.2, 0.25) is 0 Å². The number of likely N-dealkylation sites (tertiary alicyclic amines) is 1. The van der Waals surface area contributed by atoms with Gasteiger partial charge in [-0.05, 0) is 77.4 Å². The van der Waals surface area contributed by atoms with Crippen molar-refractivity contribution in [1.29, 1.82) is 0 Å². The summed E-state index contributed by atoms with van der Waals surface area (Å²) in [6, 6.07) is 5.92. The molecule has 1 saturated carbocycles. The van der Waals surface area contributed by atoms with Gasteiger partial charge < -0.3 is 28.7 Å². The number of hydrogen-bond donors (Lipinski definition) is 0. The highest BCUT2D eigenvalue weighted by molar-refractivity contribution is 5.97. The topological polar surface area (TPSA) is 119 Å². The Bertz CT molecular complexity index is 1750. The van der Waals surface area contributed by atoms with Gasteiger partial charge in [-0.15, -0.1) is 10.2 Å². The molecule has 0 radical (unpaired) electrons. The molecule has 278 valence electrons. The van der Waals surface area contributed by atoms with E-state index in [9.17, 15) is 9.18 Å². The SMILES string of the molecule is CCN(C(=O)c1cc(F)ccc1Oc1nncnc1N1CC2(CC(Oc3ccnc4c3CN(CCCN3CC5(COCCO5)C3)CC4)C2)C1)C(C)C. The van der Waals surface area contributed by atoms with E-state index in [1.165, 1.54) is 30.1 Å². The van der Waals surface area contributed by atoms with Gasteiger partial charge in [-0.3, -0.25) is 19.6 Å². The number of amides is 1. The first-order chi connectivity index (χ1) is 25.2. The lowest BCUT2D eigenvalue weighted by Gasteiger charge is -2.58. The number of anilines is 1. The highest BCUT2D eigenvalue weighted by atomic mass is 19.1. The molecule has 0 atom stereocenters. The lowest BCUT2D eigenvalue weighted by atomic mass is 9.61. The molecule has 0 bridgehead atoms. The van der Waals surface area contributed by atoms with Crippen molar-refractivity contribution in [2.75, 3.05) is 77.1 Å². The molecule has 0 N–H and O–H groups in total. The molecule has 8 rings (SSSR count). The minimum atomic E-state index is -0.513. The molecule has 13 nitrogen and oxygen atoms in total. The first-order valence-electron chi connectivity index (χ1n) is 18.7. The Kier molecular flexibility index (Phi) is 9.74. The van der Waals surface area contributed by atoms with E-state index < -0.39 is 5.82 Å². The smallest absolute Gasteiger partial charge is 0.282 e. The Morgan fingerprint density at radius 1 is 1.08 bits per heavy atom. The second-order valence-corrected chi connectivity index (χ2v) is 15.4. The van der Waals surface area contributed by atoms with Crippen LogP contribution in [0.4, 0.5) is 10.2 Å². The van der Waals surface area contributed by atoms with Crippen LogP contribution in [0.5, 0.6) is 17.4 Å². The summed E-state index contributed by atoms with van der Waals surface area (Å²) in [6.45, 7) is 15.9. The largest absolute Gasteiger partial charge is 0.490 e. The zero-order valence-electron chi connectivity index (χ0n) is 30.4. The van der Waals surface area contributed by atoms with Crippen LogP contribution in [0, 0.1) is 11.2 Å². The number of benzene rings is 1. The Hall–Kier alpha value is -3.98. The standard InChI is InChI=1S/C38H49FN8O5/c1-4-47(26(2)3)36(48)29-16-27(39)6-7-32(29)52-35-34(41-25-42-43-35)46-20-37(21-46)17-28(18-37)51-33-8-10-40-31-9-13-44(19-30(31)33)11-5-12-45-22-38(23-45)24-49-14-15-50-38/h6-8,10,16,25-26,28H,4-5,9,11-15,17-24H2,1-3H3. The molecule has 5 aliphatic rings. The van der Waals surface area contributed by atoms with E-state index in [1.54, 1.807) is 4.90 Å². The average molecular weight is 717 g/mol. The fourth-order valence-electron chi connectivity index (χ4n) is 8.66. The summed E-state index contributed by atoms with van der Waals surface area (Å²) in [5.74, 6) is 1.10. The molecule has 1 aromatic carbocycles. The van der Waals surface area contributed by atoms with Crippen molar-refractivity contribution < 1.29 is 28.1 Å². The number of nitrogens with zero attached hydrogens (tertiary/aromatic N) is 8. The number of halogens is 1. The van der Waals surface area contributed by atoms with Crippen molar-refractivity contribution >= 4 is 11.7 Å². The van der Waals surface area contributed by atoms with Crippen LogP contribution in [0.3, 0.4) is 0 Å². The molecule has 2 aromatic heterocycles. The molecule has 3 saturated heterocycles. The highest BCUT2D eigenvalue weighted by Crippen LogP contribution is 2.52. The molecule has 52 heavy (non-hydrogen) atoms. The van der Waals surface area contributed by atoms with Crippen molar-refractivity contribution in [2.45, 2.75) is 70.7 Å². The number of carbonyl (C=O) groups excluding carboxylic acids is 1. The summed E-state index contributed by atoms with van der Waals surface area (Å²) in [5.41, 5.74) is 2.58. The van der Waals surface area contributed by atoms with Crippen LogP contribution in [0.25, 0.3) is 0 Å². The van der Waals surface area contributed by atoms with E-state index in [4.69, 9.17) is 23.9 Å². The third-order valence-corrected chi connectivity index (χ3v) is 11.3. The van der Waals surface area contributed by atoms with Crippen LogP contribution >= 0.6 is 0 Å². The fraction of sp³-hybridized carbons (Fsp3) is 0.605. The molecule has 1 aliphatic carbocycles. The summed E-state index contributed by atoms with van der Waals surface area (Å²) in [6.07, 6.45) is 7.38. The van der Waals surface area contributed by atoms with Gasteiger partial charge >= 0.3 is 0 Å². The number of rotatable bonds is 12. The van der Waals surface area contributed by atoms with Gasteiger partial charge in [0.05, 0.1) is 25.4 Å². The average Bonchev–Trinajstić information content (AvgIpc) is 3.09. The van der Waals surface area contributed by atoms with E-state index in [-0.39, 0.29) is 46.3 Å². The monoisotopic (exact) mass is 716 g/mol. The van der Waals surface area contributed by atoms with Gasteiger partial charge in [-0.1, -0.05) is 0 Å². The first kappa shape index (κ1) is 35.1. The third kappa shape index (κ3) is 7.05. The van der Waals surface area contributed by atoms with Crippen molar-refractivity contribution in [3.05, 3.63) is 59.4 Å². The maximum Gasteiger partial charge on any atom is 0.282 e. The van der Waals surface area contributed by atoms with Gasteiger partial charge in [0.1, 0.15) is 35.3 Å². The maximum atomic E-state index is 14.3. The van der Waals surface area contributed by atoms with Crippen LogP contribution in [-0.2, 0) is 22.4 Å². The number of fused-ring (bicyclic) bond motifs is 1.